The maximum atomic E-state index is 6.37. The number of nitrogens with two attached hydrogens (primary N) is 1. The van der Waals surface area contributed by atoms with E-state index in [1.807, 2.05) is 0 Å². The van der Waals surface area contributed by atoms with Crippen molar-refractivity contribution < 1.29 is 9.47 Å². The second-order valence-corrected chi connectivity index (χ2v) is 6.69. The highest BCUT2D eigenvalue weighted by molar-refractivity contribution is 5.04. The van der Waals surface area contributed by atoms with Crippen LogP contribution >= 0.6 is 0 Å². The Labute approximate surface area is 112 Å². The molecule has 0 aromatic rings. The van der Waals surface area contributed by atoms with Gasteiger partial charge in [0.1, 0.15) is 0 Å². The van der Waals surface area contributed by atoms with Crippen molar-refractivity contribution in [3.63, 3.8) is 0 Å². The van der Waals surface area contributed by atoms with Crippen molar-refractivity contribution in [1.29, 1.82) is 0 Å². The van der Waals surface area contributed by atoms with Crippen molar-refractivity contribution in [2.24, 2.45) is 11.7 Å². The number of ether oxygens (including phenoxy) is 2. The van der Waals surface area contributed by atoms with Crippen LogP contribution in [-0.2, 0) is 9.47 Å². The van der Waals surface area contributed by atoms with Gasteiger partial charge in [0.15, 0.2) is 0 Å². The summed E-state index contributed by atoms with van der Waals surface area (Å²) in [7, 11) is 3.86. The lowest BCUT2D eigenvalue weighted by atomic mass is 9.82. The van der Waals surface area contributed by atoms with Crippen LogP contribution in [0.25, 0.3) is 0 Å². The Kier molecular flexibility index (Phi) is 4.81. The molecule has 0 radical (unpaired) electrons. The van der Waals surface area contributed by atoms with E-state index >= 15 is 0 Å². The molecule has 3 unspecified atom stereocenters. The second kappa shape index (κ2) is 5.45. The number of rotatable bonds is 5. The molecule has 1 aliphatic heterocycles. The third kappa shape index (κ3) is 3.23. The normalized spacial score (nSPS) is 31.8. The van der Waals surface area contributed by atoms with Gasteiger partial charge in [0, 0.05) is 31.7 Å². The predicted molar refractivity (Wildman–Crippen MR) is 74.7 cm³/mol. The van der Waals surface area contributed by atoms with E-state index in [-0.39, 0.29) is 17.2 Å². The lowest BCUT2D eigenvalue weighted by molar-refractivity contribution is -0.0789. The van der Waals surface area contributed by atoms with Crippen LogP contribution in [-0.4, -0.2) is 55.5 Å². The number of hydrogen-bond acceptors (Lipinski definition) is 4. The molecule has 0 aliphatic carbocycles. The number of hydrogen-bond donors (Lipinski definition) is 1. The summed E-state index contributed by atoms with van der Waals surface area (Å²) in [6.45, 7) is 12.3. The molecule has 0 bridgehead atoms. The molecule has 1 rings (SSSR count). The van der Waals surface area contributed by atoms with Crippen LogP contribution < -0.4 is 5.73 Å². The topological polar surface area (TPSA) is 47.7 Å². The van der Waals surface area contributed by atoms with E-state index in [2.05, 4.69) is 46.6 Å². The molecule has 0 amide bonds. The predicted octanol–water partition coefficient (Wildman–Crippen LogP) is 1.48. The van der Waals surface area contributed by atoms with Gasteiger partial charge in [-0.3, -0.25) is 0 Å². The fraction of sp³-hybridized carbons (Fsp3) is 1.00. The average Bonchev–Trinajstić information content (AvgIpc) is 2.36. The van der Waals surface area contributed by atoms with Gasteiger partial charge < -0.3 is 20.1 Å². The Morgan fingerprint density at radius 2 is 1.83 bits per heavy atom. The first-order valence-corrected chi connectivity index (χ1v) is 6.76. The minimum atomic E-state index is -0.250. The number of methoxy groups -OCH3 is 1. The maximum absolute atomic E-state index is 6.37. The van der Waals surface area contributed by atoms with Crippen LogP contribution in [0, 0.1) is 5.92 Å². The van der Waals surface area contributed by atoms with E-state index in [0.717, 1.165) is 13.2 Å². The minimum absolute atomic E-state index is 0.0599. The van der Waals surface area contributed by atoms with Gasteiger partial charge in [0.05, 0.1) is 17.8 Å². The monoisotopic (exact) mass is 258 g/mol. The summed E-state index contributed by atoms with van der Waals surface area (Å²) in [6, 6.07) is 0.450. The van der Waals surface area contributed by atoms with E-state index in [1.54, 1.807) is 7.11 Å². The lowest BCUT2D eigenvalue weighted by Crippen LogP contribution is -2.49. The van der Waals surface area contributed by atoms with Gasteiger partial charge in [-0.05, 0) is 41.7 Å². The standard InChI is InChI=1S/C14H30N2O2/c1-10(9-17-7)16(6)8-11-12(15)14(4,5)18-13(11,2)3/h10-12H,8-9,15H2,1-7H3. The molecule has 0 aromatic heterocycles. The molecule has 1 fully saturated rings. The molecule has 4 nitrogen and oxygen atoms in total. The van der Waals surface area contributed by atoms with Crippen LogP contribution in [0.3, 0.4) is 0 Å². The van der Waals surface area contributed by atoms with Gasteiger partial charge in [-0.1, -0.05) is 0 Å². The Hall–Kier alpha value is -0.160. The second-order valence-electron chi connectivity index (χ2n) is 6.69. The zero-order valence-electron chi connectivity index (χ0n) is 13.0. The van der Waals surface area contributed by atoms with Crippen LogP contribution in [0.5, 0.6) is 0 Å². The van der Waals surface area contributed by atoms with Gasteiger partial charge in [0.25, 0.3) is 0 Å². The highest BCUT2D eigenvalue weighted by Crippen LogP contribution is 2.41. The van der Waals surface area contributed by atoms with Gasteiger partial charge in [0.2, 0.25) is 0 Å². The van der Waals surface area contributed by atoms with Crippen molar-refractivity contribution in [1.82, 2.24) is 4.90 Å². The Balaban J connectivity index is 2.71. The van der Waals surface area contributed by atoms with Gasteiger partial charge >= 0.3 is 0 Å². The summed E-state index contributed by atoms with van der Waals surface area (Å²) >= 11 is 0. The van der Waals surface area contributed by atoms with Crippen molar-refractivity contribution in [2.45, 2.75) is 57.9 Å². The first-order chi connectivity index (χ1) is 8.12. The highest BCUT2D eigenvalue weighted by Gasteiger charge is 2.52. The average molecular weight is 258 g/mol. The Morgan fingerprint density at radius 3 is 2.22 bits per heavy atom. The zero-order chi connectivity index (χ0) is 14.1. The molecular formula is C14H30N2O2. The molecule has 1 aliphatic rings. The van der Waals surface area contributed by atoms with Gasteiger partial charge in [-0.25, -0.2) is 0 Å². The summed E-state index contributed by atoms with van der Waals surface area (Å²) in [6.07, 6.45) is 0. The maximum Gasteiger partial charge on any atom is 0.0788 e. The van der Waals surface area contributed by atoms with E-state index in [1.165, 1.54) is 0 Å². The fourth-order valence-corrected chi connectivity index (χ4v) is 2.93. The molecule has 108 valence electrons. The summed E-state index contributed by atoms with van der Waals surface area (Å²) in [5, 5.41) is 0. The quantitative estimate of drug-likeness (QED) is 0.811. The first-order valence-electron chi connectivity index (χ1n) is 6.76. The van der Waals surface area contributed by atoms with Crippen LogP contribution in [0.15, 0.2) is 0 Å². The smallest absolute Gasteiger partial charge is 0.0788 e. The van der Waals surface area contributed by atoms with E-state index < -0.39 is 0 Å². The van der Waals surface area contributed by atoms with Crippen molar-refractivity contribution in [3.05, 3.63) is 0 Å². The van der Waals surface area contributed by atoms with Gasteiger partial charge in [-0.2, -0.15) is 0 Å². The van der Waals surface area contributed by atoms with Crippen LogP contribution in [0.2, 0.25) is 0 Å². The third-order valence-corrected chi connectivity index (χ3v) is 4.30. The molecule has 1 saturated heterocycles. The van der Waals surface area contributed by atoms with E-state index in [4.69, 9.17) is 15.2 Å². The summed E-state index contributed by atoms with van der Waals surface area (Å²) in [4.78, 5) is 2.31. The fourth-order valence-electron chi connectivity index (χ4n) is 2.93. The van der Waals surface area contributed by atoms with Crippen LogP contribution in [0.1, 0.15) is 34.6 Å². The Bertz CT molecular complexity index is 279. The highest BCUT2D eigenvalue weighted by atomic mass is 16.5. The van der Waals surface area contributed by atoms with Gasteiger partial charge in [-0.15, -0.1) is 0 Å². The molecule has 18 heavy (non-hydrogen) atoms. The molecule has 3 atom stereocenters. The summed E-state index contributed by atoms with van der Waals surface area (Å²) in [5.74, 6) is 0.330. The summed E-state index contributed by atoms with van der Waals surface area (Å²) < 4.78 is 11.3. The Morgan fingerprint density at radius 1 is 1.28 bits per heavy atom. The van der Waals surface area contributed by atoms with E-state index in [9.17, 15) is 0 Å². The van der Waals surface area contributed by atoms with Crippen LogP contribution in [0.4, 0.5) is 0 Å². The number of likely N-dealkylation sites (N-methyl/N-ethyl adjacent to an activating group) is 1. The van der Waals surface area contributed by atoms with Crippen molar-refractivity contribution in [3.8, 4) is 0 Å². The molecular weight excluding hydrogens is 228 g/mol. The molecule has 4 heteroatoms. The van der Waals surface area contributed by atoms with Crippen molar-refractivity contribution >= 4 is 0 Å². The minimum Gasteiger partial charge on any atom is -0.383 e. The third-order valence-electron chi connectivity index (χ3n) is 4.30. The summed E-state index contributed by atoms with van der Waals surface area (Å²) in [5.41, 5.74) is 5.94. The lowest BCUT2D eigenvalue weighted by Gasteiger charge is -2.33. The van der Waals surface area contributed by atoms with Crippen molar-refractivity contribution in [2.75, 3.05) is 27.3 Å². The number of nitrogens with zero attached hydrogens (tertiary/aromatic N) is 1. The zero-order valence-corrected chi connectivity index (χ0v) is 13.0. The van der Waals surface area contributed by atoms with E-state index in [0.29, 0.717) is 12.0 Å². The molecule has 0 spiro atoms. The SMILES string of the molecule is COCC(C)N(C)CC1C(N)C(C)(C)OC1(C)C. The molecule has 1 heterocycles. The first kappa shape index (κ1) is 15.9. The molecule has 0 saturated carbocycles. The largest absolute Gasteiger partial charge is 0.383 e. The molecule has 2 N–H and O–H groups in total. The molecule has 0 aromatic carbocycles.